The first-order chi connectivity index (χ1) is 18.7. The smallest absolute Gasteiger partial charge is 0.243 e. The number of para-hydroxylation sites is 2. The number of sulfonamides is 1. The molecule has 9 heteroatoms. The van der Waals surface area contributed by atoms with Gasteiger partial charge in [0.05, 0.1) is 18.6 Å². The Morgan fingerprint density at radius 1 is 1.00 bits per heavy atom. The molecule has 0 saturated heterocycles. The van der Waals surface area contributed by atoms with Crippen LogP contribution in [0, 0.1) is 0 Å². The number of nitrogens with one attached hydrogen (secondary N) is 1. The highest BCUT2D eigenvalue weighted by Gasteiger charge is 2.30. The molecule has 0 radical (unpaired) electrons. The zero-order valence-electron chi connectivity index (χ0n) is 23.5. The second-order valence-electron chi connectivity index (χ2n) is 10.1. The van der Waals surface area contributed by atoms with Gasteiger partial charge in [0, 0.05) is 25.6 Å². The van der Waals surface area contributed by atoms with E-state index in [0.29, 0.717) is 43.9 Å². The highest BCUT2D eigenvalue weighted by atomic mass is 32.2. The Hall–Kier alpha value is -3.07. The molecular weight excluding hydrogens is 514 g/mol. The number of carbonyl (C=O) groups is 2. The van der Waals surface area contributed by atoms with Gasteiger partial charge in [-0.3, -0.25) is 13.9 Å². The van der Waals surface area contributed by atoms with E-state index in [1.54, 1.807) is 29.2 Å². The molecule has 2 aromatic rings. The van der Waals surface area contributed by atoms with Crippen molar-refractivity contribution in [2.45, 2.75) is 77.3 Å². The molecule has 214 valence electrons. The quantitative estimate of drug-likeness (QED) is 0.347. The lowest BCUT2D eigenvalue weighted by atomic mass is 10.1. The summed E-state index contributed by atoms with van der Waals surface area (Å²) in [4.78, 5) is 28.6. The summed E-state index contributed by atoms with van der Waals surface area (Å²) in [5.41, 5.74) is 1.55. The minimum atomic E-state index is -3.61. The third kappa shape index (κ3) is 8.98. The van der Waals surface area contributed by atoms with Crippen LogP contribution in [0.15, 0.2) is 54.6 Å². The summed E-state index contributed by atoms with van der Waals surface area (Å²) < 4.78 is 32.3. The van der Waals surface area contributed by atoms with Crippen LogP contribution in [0.25, 0.3) is 0 Å². The van der Waals surface area contributed by atoms with Crippen LogP contribution in [-0.4, -0.2) is 63.2 Å². The molecule has 0 aliphatic heterocycles. The third-order valence-electron chi connectivity index (χ3n) is 7.16. The van der Waals surface area contributed by atoms with Crippen LogP contribution in [0.2, 0.25) is 0 Å². The number of nitrogens with zero attached hydrogens (tertiary/aromatic N) is 2. The molecule has 1 aliphatic carbocycles. The van der Waals surface area contributed by atoms with Crippen molar-refractivity contribution in [2.24, 2.45) is 0 Å². The number of hydrogen-bond donors (Lipinski definition) is 1. The van der Waals surface area contributed by atoms with Crippen molar-refractivity contribution >= 4 is 27.5 Å². The fraction of sp³-hybridized carbons (Fsp3) is 0.533. The predicted molar refractivity (Wildman–Crippen MR) is 155 cm³/mol. The highest BCUT2D eigenvalue weighted by Crippen LogP contribution is 2.30. The number of benzene rings is 2. The van der Waals surface area contributed by atoms with Gasteiger partial charge in [-0.1, -0.05) is 62.2 Å². The number of amides is 2. The van der Waals surface area contributed by atoms with Crippen molar-refractivity contribution in [2.75, 3.05) is 30.3 Å². The summed E-state index contributed by atoms with van der Waals surface area (Å²) >= 11 is 0. The number of ether oxygens (including phenoxy) is 1. The molecule has 8 nitrogen and oxygen atoms in total. The van der Waals surface area contributed by atoms with E-state index in [4.69, 9.17) is 4.74 Å². The molecule has 0 spiro atoms. The van der Waals surface area contributed by atoms with Crippen LogP contribution in [0.5, 0.6) is 5.75 Å². The second kappa shape index (κ2) is 14.9. The maximum Gasteiger partial charge on any atom is 0.243 e. The van der Waals surface area contributed by atoms with E-state index in [1.165, 1.54) is 4.31 Å². The molecule has 0 heterocycles. The normalized spacial score (nSPS) is 14.5. The van der Waals surface area contributed by atoms with E-state index in [0.717, 1.165) is 37.5 Å². The molecule has 0 bridgehead atoms. The number of carbonyl (C=O) groups excluding carboxylic acids is 2. The van der Waals surface area contributed by atoms with Gasteiger partial charge in [0.2, 0.25) is 21.8 Å². The monoisotopic (exact) mass is 557 g/mol. The molecule has 1 aliphatic rings. The van der Waals surface area contributed by atoms with Crippen LogP contribution in [0.3, 0.4) is 0 Å². The van der Waals surface area contributed by atoms with Gasteiger partial charge in [-0.05, 0) is 56.7 Å². The van der Waals surface area contributed by atoms with E-state index in [1.807, 2.05) is 44.2 Å². The van der Waals surface area contributed by atoms with Crippen LogP contribution in [-0.2, 0) is 26.0 Å². The minimum Gasteiger partial charge on any atom is -0.492 e. The first kappa shape index (κ1) is 30.5. The van der Waals surface area contributed by atoms with Crippen molar-refractivity contribution < 1.29 is 22.7 Å². The Balaban J connectivity index is 1.73. The molecule has 3 rings (SSSR count). The zero-order chi connectivity index (χ0) is 28.3. The third-order valence-corrected chi connectivity index (χ3v) is 8.34. The van der Waals surface area contributed by atoms with Gasteiger partial charge in [-0.25, -0.2) is 8.42 Å². The topological polar surface area (TPSA) is 96.0 Å². The number of hydrogen-bond acceptors (Lipinski definition) is 5. The summed E-state index contributed by atoms with van der Waals surface area (Å²) in [7, 11) is -3.61. The van der Waals surface area contributed by atoms with Gasteiger partial charge in [0.25, 0.3) is 0 Å². The molecule has 1 fully saturated rings. The van der Waals surface area contributed by atoms with E-state index < -0.39 is 16.1 Å². The summed E-state index contributed by atoms with van der Waals surface area (Å²) in [5.74, 6) is 0.232. The van der Waals surface area contributed by atoms with E-state index in [9.17, 15) is 18.0 Å². The van der Waals surface area contributed by atoms with E-state index >= 15 is 0 Å². The number of rotatable bonds is 15. The lowest BCUT2D eigenvalue weighted by molar-refractivity contribution is -0.141. The molecule has 0 unspecified atom stereocenters. The van der Waals surface area contributed by atoms with Crippen molar-refractivity contribution in [3.63, 3.8) is 0 Å². The van der Waals surface area contributed by atoms with Gasteiger partial charge in [0.1, 0.15) is 11.8 Å². The summed E-state index contributed by atoms with van der Waals surface area (Å²) in [6, 6.07) is 16.5. The van der Waals surface area contributed by atoms with Crippen molar-refractivity contribution in [1.82, 2.24) is 10.2 Å². The molecule has 1 saturated carbocycles. The van der Waals surface area contributed by atoms with Crippen LogP contribution in [0.4, 0.5) is 5.69 Å². The Bertz CT molecular complexity index is 1170. The van der Waals surface area contributed by atoms with E-state index in [2.05, 4.69) is 5.32 Å². The first-order valence-electron chi connectivity index (χ1n) is 14.1. The maximum absolute atomic E-state index is 13.6. The lowest BCUT2D eigenvalue weighted by Crippen LogP contribution is -2.52. The summed E-state index contributed by atoms with van der Waals surface area (Å²) in [6.45, 7) is 4.73. The maximum atomic E-state index is 13.6. The molecule has 39 heavy (non-hydrogen) atoms. The van der Waals surface area contributed by atoms with Gasteiger partial charge in [0.15, 0.2) is 0 Å². The lowest BCUT2D eigenvalue weighted by Gasteiger charge is -2.32. The van der Waals surface area contributed by atoms with Crippen molar-refractivity contribution in [3.05, 3.63) is 60.2 Å². The first-order valence-corrected chi connectivity index (χ1v) is 15.9. The van der Waals surface area contributed by atoms with Crippen molar-refractivity contribution in [3.8, 4) is 5.75 Å². The molecule has 1 atom stereocenters. The summed E-state index contributed by atoms with van der Waals surface area (Å²) in [6.07, 6.45) is 6.93. The number of anilines is 1. The van der Waals surface area contributed by atoms with Crippen LogP contribution in [0.1, 0.15) is 64.4 Å². The Kier molecular flexibility index (Phi) is 11.7. The van der Waals surface area contributed by atoms with Crippen molar-refractivity contribution in [1.29, 1.82) is 0 Å². The average molecular weight is 558 g/mol. The second-order valence-corrected chi connectivity index (χ2v) is 12.0. The fourth-order valence-corrected chi connectivity index (χ4v) is 6.16. The Morgan fingerprint density at radius 2 is 1.67 bits per heavy atom. The summed E-state index contributed by atoms with van der Waals surface area (Å²) in [5, 5.41) is 3.16. The van der Waals surface area contributed by atoms with E-state index in [-0.39, 0.29) is 30.8 Å². The van der Waals surface area contributed by atoms with Gasteiger partial charge >= 0.3 is 0 Å². The largest absolute Gasteiger partial charge is 0.492 e. The van der Waals surface area contributed by atoms with Gasteiger partial charge < -0.3 is 15.0 Å². The average Bonchev–Trinajstić information content (AvgIpc) is 3.42. The Labute approximate surface area is 233 Å². The standard InChI is InChI=1S/C30H43N3O5S/c1-4-26(30(35)31-25-16-9-10-17-25)32(23-21-24-14-7-6-8-15-24)29(34)20-13-22-33(39(3,36)37)27-18-11-12-19-28(27)38-5-2/h6-8,11-12,14-15,18-19,25-26H,4-5,9-10,13,16-17,20-23H2,1-3H3,(H,31,35)/t26-/m0/s1. The molecule has 2 aromatic carbocycles. The molecule has 2 amide bonds. The van der Waals surface area contributed by atoms with Gasteiger partial charge in [-0.2, -0.15) is 0 Å². The molecular formula is C30H43N3O5S. The van der Waals surface area contributed by atoms with Gasteiger partial charge in [-0.15, -0.1) is 0 Å². The molecule has 1 N–H and O–H groups in total. The highest BCUT2D eigenvalue weighted by molar-refractivity contribution is 7.92. The van der Waals surface area contributed by atoms with Crippen LogP contribution < -0.4 is 14.4 Å². The minimum absolute atomic E-state index is 0.103. The SMILES string of the molecule is CCOc1ccccc1N(CCCC(=O)N(CCc1ccccc1)[C@@H](CC)C(=O)NC1CCCC1)S(C)(=O)=O. The Morgan fingerprint density at radius 3 is 2.31 bits per heavy atom. The molecule has 0 aromatic heterocycles. The fourth-order valence-electron chi connectivity index (χ4n) is 5.19. The zero-order valence-corrected chi connectivity index (χ0v) is 24.3. The predicted octanol–water partition coefficient (Wildman–Crippen LogP) is 4.54. The van der Waals surface area contributed by atoms with Crippen LogP contribution >= 0.6 is 0 Å².